The molecule has 3 rings (SSSR count). The monoisotopic (exact) mass is 386 g/mol. The average Bonchev–Trinajstić information content (AvgIpc) is 3.15. The van der Waals surface area contributed by atoms with Gasteiger partial charge in [0.2, 0.25) is 5.95 Å². The summed E-state index contributed by atoms with van der Waals surface area (Å²) in [6.45, 7) is 9.24. The first-order valence-corrected chi connectivity index (χ1v) is 9.69. The van der Waals surface area contributed by atoms with Gasteiger partial charge >= 0.3 is 0 Å². The number of hydrogen-bond donors (Lipinski definition) is 2. The minimum Gasteiger partial charge on any atom is -0.488 e. The molecular formula is C20H30N6O2. The number of nitrogens with zero attached hydrogens (tertiary/aromatic N) is 4. The van der Waals surface area contributed by atoms with Crippen molar-refractivity contribution in [3.63, 3.8) is 0 Å². The maximum absolute atomic E-state index is 6.08. The van der Waals surface area contributed by atoms with Gasteiger partial charge < -0.3 is 25.0 Å². The van der Waals surface area contributed by atoms with Crippen LogP contribution in [0.5, 0.6) is 11.6 Å². The van der Waals surface area contributed by atoms with E-state index < -0.39 is 0 Å². The second-order valence-corrected chi connectivity index (χ2v) is 7.38. The number of anilines is 3. The second-order valence-electron chi connectivity index (χ2n) is 7.38. The summed E-state index contributed by atoms with van der Waals surface area (Å²) in [5.74, 6) is 2.87. The molecule has 0 aromatic carbocycles. The number of hydrogen-bond acceptors (Lipinski definition) is 8. The number of methoxy groups -OCH3 is 1. The summed E-state index contributed by atoms with van der Waals surface area (Å²) in [6, 6.07) is 4.34. The van der Waals surface area contributed by atoms with E-state index in [0.29, 0.717) is 36.1 Å². The van der Waals surface area contributed by atoms with E-state index in [1.54, 1.807) is 13.3 Å². The number of ether oxygens (including phenoxy) is 2. The van der Waals surface area contributed by atoms with E-state index in [0.717, 1.165) is 36.7 Å². The van der Waals surface area contributed by atoms with Gasteiger partial charge in [0.15, 0.2) is 5.75 Å². The van der Waals surface area contributed by atoms with Gasteiger partial charge in [0, 0.05) is 43.4 Å². The molecule has 0 radical (unpaired) electrons. The van der Waals surface area contributed by atoms with E-state index >= 15 is 0 Å². The van der Waals surface area contributed by atoms with Crippen molar-refractivity contribution >= 4 is 17.5 Å². The summed E-state index contributed by atoms with van der Waals surface area (Å²) >= 11 is 0. The highest BCUT2D eigenvalue weighted by Gasteiger charge is 2.25. The van der Waals surface area contributed by atoms with Crippen LogP contribution in [-0.4, -0.2) is 59.7 Å². The molecule has 1 fully saturated rings. The van der Waals surface area contributed by atoms with Crippen LogP contribution in [0, 0.1) is 12.8 Å². The summed E-state index contributed by atoms with van der Waals surface area (Å²) in [5.41, 5.74) is 1.62. The average molecular weight is 387 g/mol. The quantitative estimate of drug-likeness (QED) is 0.716. The fourth-order valence-corrected chi connectivity index (χ4v) is 3.31. The van der Waals surface area contributed by atoms with Crippen molar-refractivity contribution in [3.05, 3.63) is 24.0 Å². The standard InChI is InChI=1S/C20H30N6O2/c1-13(2)26-7-6-15(11-26)12-28-17-9-16(10-22-19(17)27-5)24-20-23-14(3)8-18(21-4)25-20/h8-10,13,15H,6-7,11-12H2,1-5H3,(H2,21,23,24,25)/t15-/m1/s1. The highest BCUT2D eigenvalue weighted by atomic mass is 16.5. The number of pyridine rings is 1. The van der Waals surface area contributed by atoms with E-state index in [1.165, 1.54) is 0 Å². The van der Waals surface area contributed by atoms with Crippen molar-refractivity contribution in [2.45, 2.75) is 33.2 Å². The van der Waals surface area contributed by atoms with Crippen molar-refractivity contribution in [2.24, 2.45) is 5.92 Å². The maximum Gasteiger partial charge on any atom is 0.256 e. The van der Waals surface area contributed by atoms with Crippen LogP contribution in [0.4, 0.5) is 17.5 Å². The third-order valence-electron chi connectivity index (χ3n) is 4.90. The molecule has 2 aromatic heterocycles. The van der Waals surface area contributed by atoms with E-state index in [2.05, 4.69) is 44.3 Å². The van der Waals surface area contributed by atoms with Crippen LogP contribution in [-0.2, 0) is 0 Å². The van der Waals surface area contributed by atoms with Gasteiger partial charge in [0.05, 0.1) is 25.6 Å². The maximum atomic E-state index is 6.08. The molecule has 28 heavy (non-hydrogen) atoms. The lowest BCUT2D eigenvalue weighted by molar-refractivity contribution is 0.216. The predicted octanol–water partition coefficient (Wildman–Crippen LogP) is 3.08. The SMILES string of the molecule is CNc1cc(C)nc(Nc2cnc(OC)c(OC[C@@H]3CCN(C(C)C)C3)c2)n1. The third-order valence-corrected chi connectivity index (χ3v) is 4.90. The predicted molar refractivity (Wildman–Crippen MR) is 111 cm³/mol. The van der Waals surface area contributed by atoms with Gasteiger partial charge in [-0.2, -0.15) is 4.98 Å². The van der Waals surface area contributed by atoms with Crippen molar-refractivity contribution in [2.75, 3.05) is 44.5 Å². The molecule has 152 valence electrons. The first kappa shape index (κ1) is 20.1. The summed E-state index contributed by atoms with van der Waals surface area (Å²) in [7, 11) is 3.43. The molecule has 0 aliphatic carbocycles. The van der Waals surface area contributed by atoms with E-state index in [4.69, 9.17) is 9.47 Å². The number of likely N-dealkylation sites (tertiary alicyclic amines) is 1. The molecule has 1 aliphatic rings. The lowest BCUT2D eigenvalue weighted by Gasteiger charge is -2.20. The first-order chi connectivity index (χ1) is 13.5. The Morgan fingerprint density at radius 2 is 2.11 bits per heavy atom. The number of nitrogens with one attached hydrogen (secondary N) is 2. The van der Waals surface area contributed by atoms with Crippen molar-refractivity contribution in [1.82, 2.24) is 19.9 Å². The lowest BCUT2D eigenvalue weighted by Crippen LogP contribution is -2.29. The first-order valence-electron chi connectivity index (χ1n) is 9.69. The molecule has 1 aliphatic heterocycles. The minimum atomic E-state index is 0.477. The number of aryl methyl sites for hydroxylation is 1. The van der Waals surface area contributed by atoms with Crippen LogP contribution in [0.25, 0.3) is 0 Å². The number of aromatic nitrogens is 3. The summed E-state index contributed by atoms with van der Waals surface area (Å²) in [4.78, 5) is 15.7. The Morgan fingerprint density at radius 3 is 2.79 bits per heavy atom. The van der Waals surface area contributed by atoms with Crippen molar-refractivity contribution in [1.29, 1.82) is 0 Å². The summed E-state index contributed by atoms with van der Waals surface area (Å²) < 4.78 is 11.4. The Morgan fingerprint density at radius 1 is 1.29 bits per heavy atom. The van der Waals surface area contributed by atoms with Crippen LogP contribution in [0.3, 0.4) is 0 Å². The van der Waals surface area contributed by atoms with Crippen LogP contribution >= 0.6 is 0 Å². The fraction of sp³-hybridized carbons (Fsp3) is 0.550. The molecule has 2 N–H and O–H groups in total. The molecule has 0 bridgehead atoms. The largest absolute Gasteiger partial charge is 0.488 e. The third kappa shape index (κ3) is 5.01. The molecule has 0 saturated carbocycles. The summed E-state index contributed by atoms with van der Waals surface area (Å²) in [5, 5.41) is 6.22. The highest BCUT2D eigenvalue weighted by Crippen LogP contribution is 2.30. The number of rotatable bonds is 8. The Hall–Kier alpha value is -2.61. The van der Waals surface area contributed by atoms with Gasteiger partial charge in [-0.3, -0.25) is 0 Å². The topological polar surface area (TPSA) is 84.4 Å². The van der Waals surface area contributed by atoms with Gasteiger partial charge in [-0.25, -0.2) is 9.97 Å². The zero-order valence-corrected chi connectivity index (χ0v) is 17.3. The van der Waals surface area contributed by atoms with Crippen molar-refractivity contribution < 1.29 is 9.47 Å². The zero-order valence-electron chi connectivity index (χ0n) is 17.3. The van der Waals surface area contributed by atoms with Crippen LogP contribution in [0.1, 0.15) is 26.0 Å². The highest BCUT2D eigenvalue weighted by molar-refractivity contribution is 5.58. The van der Waals surface area contributed by atoms with Gasteiger partial charge in [-0.1, -0.05) is 0 Å². The van der Waals surface area contributed by atoms with Crippen molar-refractivity contribution in [3.8, 4) is 11.6 Å². The van der Waals surface area contributed by atoms with Crippen LogP contribution in [0.15, 0.2) is 18.3 Å². The molecule has 3 heterocycles. The molecular weight excluding hydrogens is 356 g/mol. The van der Waals surface area contributed by atoms with E-state index in [-0.39, 0.29) is 0 Å². The molecule has 8 nitrogen and oxygen atoms in total. The summed E-state index contributed by atoms with van der Waals surface area (Å²) in [6.07, 6.45) is 2.84. The molecule has 1 atom stereocenters. The molecule has 2 aromatic rings. The van der Waals surface area contributed by atoms with E-state index in [1.807, 2.05) is 26.1 Å². The Labute approximate surface area is 166 Å². The van der Waals surface area contributed by atoms with Crippen LogP contribution < -0.4 is 20.1 Å². The Bertz CT molecular complexity index is 798. The zero-order chi connectivity index (χ0) is 20.1. The molecule has 0 unspecified atom stereocenters. The second kappa shape index (κ2) is 9.05. The Balaban J connectivity index is 1.69. The van der Waals surface area contributed by atoms with Gasteiger partial charge in [0.25, 0.3) is 5.88 Å². The Kier molecular flexibility index (Phi) is 6.51. The lowest BCUT2D eigenvalue weighted by atomic mass is 10.1. The molecule has 0 spiro atoms. The van der Waals surface area contributed by atoms with Crippen LogP contribution in [0.2, 0.25) is 0 Å². The minimum absolute atomic E-state index is 0.477. The molecule has 0 amide bonds. The fourth-order valence-electron chi connectivity index (χ4n) is 3.31. The molecule has 8 heteroatoms. The van der Waals surface area contributed by atoms with Gasteiger partial charge in [0.1, 0.15) is 5.82 Å². The molecule has 1 saturated heterocycles. The normalized spacial score (nSPS) is 17.0. The van der Waals surface area contributed by atoms with E-state index in [9.17, 15) is 0 Å². The van der Waals surface area contributed by atoms with Gasteiger partial charge in [-0.05, 0) is 33.7 Å². The van der Waals surface area contributed by atoms with Gasteiger partial charge in [-0.15, -0.1) is 0 Å². The smallest absolute Gasteiger partial charge is 0.256 e.